The second kappa shape index (κ2) is 7.91. The predicted octanol–water partition coefficient (Wildman–Crippen LogP) is 3.37. The Morgan fingerprint density at radius 1 is 1.21 bits per heavy atom. The van der Waals surface area contributed by atoms with Crippen LogP contribution in [0.4, 0.5) is 11.6 Å². The molecule has 3 heterocycles. The Kier molecular flexibility index (Phi) is 5.18. The number of fused-ring (bicyclic) bond motifs is 1. The number of methoxy groups -OCH3 is 1. The van der Waals surface area contributed by atoms with Gasteiger partial charge in [-0.05, 0) is 29.6 Å². The van der Waals surface area contributed by atoms with Crippen LogP contribution in [0.5, 0.6) is 5.75 Å². The first-order valence-electron chi connectivity index (χ1n) is 8.45. The molecule has 0 atom stereocenters. The monoisotopic (exact) mass is 416 g/mol. The van der Waals surface area contributed by atoms with Gasteiger partial charge in [0.05, 0.1) is 31.6 Å². The number of benzene rings is 1. The fourth-order valence-electron chi connectivity index (χ4n) is 2.69. The fraction of sp³-hybridized carbons (Fsp3) is 0.167. The third-order valence-electron chi connectivity index (χ3n) is 4.02. The number of thiophene rings is 1. The molecule has 3 N–H and O–H groups in total. The van der Waals surface area contributed by atoms with Crippen molar-refractivity contribution in [1.82, 2.24) is 19.6 Å². The second-order valence-corrected chi connectivity index (χ2v) is 7.39. The molecule has 0 bridgehead atoms. The lowest BCUT2D eigenvalue weighted by atomic mass is 10.3. The van der Waals surface area contributed by atoms with Gasteiger partial charge in [-0.3, -0.25) is 9.89 Å². The molecule has 3 aromatic heterocycles. The Labute approximate surface area is 169 Å². The van der Waals surface area contributed by atoms with Gasteiger partial charge >= 0.3 is 0 Å². The van der Waals surface area contributed by atoms with Gasteiger partial charge in [-0.2, -0.15) is 9.50 Å². The molecule has 0 saturated heterocycles. The lowest BCUT2D eigenvalue weighted by molar-refractivity contribution is 0.416. The summed E-state index contributed by atoms with van der Waals surface area (Å²) in [7, 11) is 1.58. The summed E-state index contributed by atoms with van der Waals surface area (Å²) < 4.78 is 6.62. The van der Waals surface area contributed by atoms with E-state index in [9.17, 15) is 4.79 Å². The van der Waals surface area contributed by atoms with E-state index in [0.717, 1.165) is 5.69 Å². The third-order valence-corrected chi connectivity index (χ3v) is 5.13. The van der Waals surface area contributed by atoms with E-state index in [1.807, 2.05) is 17.5 Å². The summed E-state index contributed by atoms with van der Waals surface area (Å²) in [5.74, 6) is 1.44. The molecule has 4 rings (SSSR count). The molecule has 0 radical (unpaired) electrons. The average Bonchev–Trinajstić information content (AvgIpc) is 3.34. The first kappa shape index (κ1) is 18.3. The smallest absolute Gasteiger partial charge is 0.274 e. The maximum absolute atomic E-state index is 12.4. The van der Waals surface area contributed by atoms with Crippen molar-refractivity contribution in [2.45, 2.75) is 13.1 Å². The van der Waals surface area contributed by atoms with Gasteiger partial charge in [-0.1, -0.05) is 17.7 Å². The molecule has 0 unspecified atom stereocenters. The maximum atomic E-state index is 12.4. The highest BCUT2D eigenvalue weighted by atomic mass is 35.5. The number of nitrogens with one attached hydrogen (secondary N) is 3. The zero-order valence-electron chi connectivity index (χ0n) is 14.9. The van der Waals surface area contributed by atoms with Crippen LogP contribution >= 0.6 is 22.9 Å². The second-order valence-electron chi connectivity index (χ2n) is 5.92. The molecule has 0 amide bonds. The number of H-pyrrole nitrogens is 1. The van der Waals surface area contributed by atoms with E-state index in [1.165, 1.54) is 15.5 Å². The number of aromatic nitrogens is 4. The maximum Gasteiger partial charge on any atom is 0.274 e. The lowest BCUT2D eigenvalue weighted by Crippen LogP contribution is -2.17. The molecular weight excluding hydrogens is 400 g/mol. The Morgan fingerprint density at radius 2 is 2.11 bits per heavy atom. The highest BCUT2D eigenvalue weighted by Gasteiger charge is 2.09. The standard InChI is InChI=1S/C18H17ClN6O2S/c1-27-15-5-4-11(19)7-14(15)20-9-12-8-16(26)25-18(22-12)23-17(24-25)21-10-13-3-2-6-28-13/h2-8,20H,9-10H2,1H3,(H2,21,22,23,24). The van der Waals surface area contributed by atoms with Crippen molar-refractivity contribution in [1.29, 1.82) is 0 Å². The van der Waals surface area contributed by atoms with Gasteiger partial charge in [0.15, 0.2) is 0 Å². The van der Waals surface area contributed by atoms with Gasteiger partial charge in [0, 0.05) is 16.0 Å². The molecular formula is C18H17ClN6O2S. The van der Waals surface area contributed by atoms with Crippen molar-refractivity contribution >= 4 is 40.4 Å². The number of hydrogen-bond acceptors (Lipinski definition) is 7. The Morgan fingerprint density at radius 3 is 2.89 bits per heavy atom. The van der Waals surface area contributed by atoms with E-state index >= 15 is 0 Å². The van der Waals surface area contributed by atoms with Crippen LogP contribution in [0.15, 0.2) is 46.6 Å². The quantitative estimate of drug-likeness (QED) is 0.427. The van der Waals surface area contributed by atoms with Crippen LogP contribution in [-0.2, 0) is 13.1 Å². The SMILES string of the molecule is COc1ccc(Cl)cc1NCc1cc(=O)n2[nH]c(NCc3cccs3)nc2n1. The number of nitrogens with zero attached hydrogens (tertiary/aromatic N) is 3. The Balaban J connectivity index is 1.52. The topological polar surface area (TPSA) is 96.3 Å². The van der Waals surface area contributed by atoms with Crippen molar-refractivity contribution in [3.8, 4) is 5.75 Å². The predicted molar refractivity (Wildman–Crippen MR) is 111 cm³/mol. The van der Waals surface area contributed by atoms with E-state index in [4.69, 9.17) is 16.3 Å². The van der Waals surface area contributed by atoms with Crippen LogP contribution in [0.1, 0.15) is 10.6 Å². The van der Waals surface area contributed by atoms with E-state index in [1.54, 1.807) is 36.6 Å². The molecule has 4 aromatic rings. The molecule has 0 saturated carbocycles. The van der Waals surface area contributed by atoms with E-state index in [2.05, 4.69) is 25.7 Å². The minimum absolute atomic E-state index is 0.239. The summed E-state index contributed by atoms with van der Waals surface area (Å²) >= 11 is 7.69. The van der Waals surface area contributed by atoms with Gasteiger partial charge in [-0.15, -0.1) is 11.3 Å². The van der Waals surface area contributed by atoms with Gasteiger partial charge in [0.1, 0.15) is 5.75 Å². The summed E-state index contributed by atoms with van der Waals surface area (Å²) in [5, 5.41) is 11.9. The van der Waals surface area contributed by atoms with Crippen LogP contribution in [0, 0.1) is 0 Å². The van der Waals surface area contributed by atoms with E-state index < -0.39 is 0 Å². The number of aromatic amines is 1. The van der Waals surface area contributed by atoms with Crippen molar-refractivity contribution < 1.29 is 4.74 Å². The van der Waals surface area contributed by atoms with Gasteiger partial charge in [0.2, 0.25) is 5.95 Å². The van der Waals surface area contributed by atoms with Crippen LogP contribution in [0.3, 0.4) is 0 Å². The molecule has 28 heavy (non-hydrogen) atoms. The first-order valence-corrected chi connectivity index (χ1v) is 9.70. The Bertz CT molecular complexity index is 1150. The number of rotatable bonds is 7. The average molecular weight is 417 g/mol. The minimum atomic E-state index is -0.239. The zero-order chi connectivity index (χ0) is 19.5. The van der Waals surface area contributed by atoms with Gasteiger partial charge in [-0.25, -0.2) is 4.98 Å². The summed E-state index contributed by atoms with van der Waals surface area (Å²) in [6.45, 7) is 0.947. The molecule has 0 fully saturated rings. The molecule has 1 aromatic carbocycles. The summed E-state index contributed by atoms with van der Waals surface area (Å²) in [4.78, 5) is 22.3. The highest BCUT2D eigenvalue weighted by molar-refractivity contribution is 7.09. The molecule has 0 aliphatic rings. The van der Waals surface area contributed by atoms with Gasteiger partial charge in [0.25, 0.3) is 11.3 Å². The highest BCUT2D eigenvalue weighted by Crippen LogP contribution is 2.27. The van der Waals surface area contributed by atoms with Crippen LogP contribution in [-0.4, -0.2) is 26.7 Å². The summed E-state index contributed by atoms with van der Waals surface area (Å²) in [6.07, 6.45) is 0. The van der Waals surface area contributed by atoms with E-state index in [-0.39, 0.29) is 5.56 Å². The van der Waals surface area contributed by atoms with Gasteiger partial charge < -0.3 is 15.4 Å². The molecule has 0 spiro atoms. The van der Waals surface area contributed by atoms with Crippen LogP contribution in [0.25, 0.3) is 5.78 Å². The van der Waals surface area contributed by atoms with E-state index in [0.29, 0.717) is 41.3 Å². The third kappa shape index (κ3) is 3.95. The van der Waals surface area contributed by atoms with Crippen molar-refractivity contribution in [2.75, 3.05) is 17.7 Å². The van der Waals surface area contributed by atoms with Crippen molar-refractivity contribution in [3.63, 3.8) is 0 Å². The summed E-state index contributed by atoms with van der Waals surface area (Å²) in [6, 6.07) is 10.7. The van der Waals surface area contributed by atoms with Crippen molar-refractivity contribution in [3.05, 3.63) is 67.7 Å². The normalized spacial score (nSPS) is 10.9. The number of ether oxygens (including phenoxy) is 1. The number of hydrogen-bond donors (Lipinski definition) is 3. The number of anilines is 2. The number of halogens is 1. The fourth-order valence-corrected chi connectivity index (χ4v) is 3.50. The lowest BCUT2D eigenvalue weighted by Gasteiger charge is -2.11. The molecule has 8 nitrogen and oxygen atoms in total. The molecule has 0 aliphatic carbocycles. The molecule has 10 heteroatoms. The Hall–Kier alpha value is -3.04. The molecule has 0 aliphatic heterocycles. The minimum Gasteiger partial charge on any atom is -0.495 e. The summed E-state index contributed by atoms with van der Waals surface area (Å²) in [5.41, 5.74) is 1.04. The largest absolute Gasteiger partial charge is 0.495 e. The van der Waals surface area contributed by atoms with Crippen LogP contribution in [0.2, 0.25) is 5.02 Å². The zero-order valence-corrected chi connectivity index (χ0v) is 16.5. The van der Waals surface area contributed by atoms with Crippen molar-refractivity contribution in [2.24, 2.45) is 0 Å². The first-order chi connectivity index (χ1) is 13.6. The molecule has 144 valence electrons. The van der Waals surface area contributed by atoms with Crippen LogP contribution < -0.4 is 20.9 Å².